The molecule has 1 aromatic rings. The molecule has 3 heteroatoms. The number of benzene rings is 1. The van der Waals surface area contributed by atoms with E-state index in [9.17, 15) is 8.78 Å². The molecule has 2 atom stereocenters. The zero-order valence-corrected chi connectivity index (χ0v) is 11.6. The maximum Gasteiger partial charge on any atom is 0.352 e. The summed E-state index contributed by atoms with van der Waals surface area (Å²) in [6.45, 7) is 0.852. The normalized spacial score (nSPS) is 20.1. The van der Waals surface area contributed by atoms with E-state index in [1.54, 1.807) is 0 Å². The van der Waals surface area contributed by atoms with Crippen molar-refractivity contribution in [3.8, 4) is 0 Å². The molecule has 20 heavy (non-hydrogen) atoms. The molecule has 2 unspecified atom stereocenters. The average molecular weight is 278 g/mol. The van der Waals surface area contributed by atoms with Crippen LogP contribution in [0, 0.1) is 5.92 Å². The lowest BCUT2D eigenvalue weighted by Crippen LogP contribution is -2.20. The standard InChI is InChI=1S/C17H20F2O/c1-17(18,19)20-13-12-16(14-8-4-2-5-9-14)15-10-6-3-7-11-15/h2-10,15-16H,11-13H2,1H3. The molecule has 0 heterocycles. The topological polar surface area (TPSA) is 9.23 Å². The molecule has 0 aliphatic heterocycles. The van der Waals surface area contributed by atoms with Gasteiger partial charge in [0.2, 0.25) is 0 Å². The molecule has 1 aliphatic carbocycles. The quantitative estimate of drug-likeness (QED) is 0.717. The summed E-state index contributed by atoms with van der Waals surface area (Å²) >= 11 is 0. The van der Waals surface area contributed by atoms with E-state index in [4.69, 9.17) is 0 Å². The summed E-state index contributed by atoms with van der Waals surface area (Å²) < 4.78 is 30.1. The van der Waals surface area contributed by atoms with Crippen molar-refractivity contribution in [2.45, 2.75) is 31.8 Å². The summed E-state index contributed by atoms with van der Waals surface area (Å²) in [4.78, 5) is 0. The fourth-order valence-electron chi connectivity index (χ4n) is 2.59. The summed E-state index contributed by atoms with van der Waals surface area (Å²) in [7, 11) is 0. The maximum atomic E-state index is 12.8. The zero-order chi connectivity index (χ0) is 14.4. The van der Waals surface area contributed by atoms with Crippen LogP contribution in [-0.2, 0) is 4.74 Å². The van der Waals surface area contributed by atoms with E-state index >= 15 is 0 Å². The van der Waals surface area contributed by atoms with Gasteiger partial charge in [-0.1, -0.05) is 54.6 Å². The van der Waals surface area contributed by atoms with Crippen LogP contribution < -0.4 is 0 Å². The molecule has 2 rings (SSSR count). The van der Waals surface area contributed by atoms with Crippen LogP contribution >= 0.6 is 0 Å². The van der Waals surface area contributed by atoms with Gasteiger partial charge in [-0.05, 0) is 30.2 Å². The van der Waals surface area contributed by atoms with Crippen LogP contribution in [0.2, 0.25) is 0 Å². The number of hydrogen-bond acceptors (Lipinski definition) is 1. The maximum absolute atomic E-state index is 12.8. The minimum absolute atomic E-state index is 0.0666. The van der Waals surface area contributed by atoms with Gasteiger partial charge in [0.05, 0.1) is 6.61 Å². The second kappa shape index (κ2) is 6.80. The summed E-state index contributed by atoms with van der Waals surface area (Å²) in [5.74, 6) is 0.552. The lowest BCUT2D eigenvalue weighted by Gasteiger charge is -2.26. The second-order valence-corrected chi connectivity index (χ2v) is 5.17. The first kappa shape index (κ1) is 14.9. The van der Waals surface area contributed by atoms with Gasteiger partial charge in [0.15, 0.2) is 0 Å². The van der Waals surface area contributed by atoms with Crippen LogP contribution in [-0.4, -0.2) is 12.7 Å². The first-order valence-corrected chi connectivity index (χ1v) is 6.96. The van der Waals surface area contributed by atoms with Crippen LogP contribution in [0.15, 0.2) is 54.6 Å². The van der Waals surface area contributed by atoms with Crippen molar-refractivity contribution < 1.29 is 13.5 Å². The monoisotopic (exact) mass is 278 g/mol. The lowest BCUT2D eigenvalue weighted by atomic mass is 9.80. The molecular weight excluding hydrogens is 258 g/mol. The number of allylic oxidation sites excluding steroid dienone is 4. The molecule has 108 valence electrons. The Hall–Kier alpha value is -1.48. The Morgan fingerprint density at radius 1 is 1.25 bits per heavy atom. The second-order valence-electron chi connectivity index (χ2n) is 5.17. The summed E-state index contributed by atoms with van der Waals surface area (Å²) in [6.07, 6.45) is 6.81. The van der Waals surface area contributed by atoms with Crippen molar-refractivity contribution in [2.75, 3.05) is 6.61 Å². The first-order valence-electron chi connectivity index (χ1n) is 6.96. The Morgan fingerprint density at radius 3 is 2.60 bits per heavy atom. The van der Waals surface area contributed by atoms with Crippen molar-refractivity contribution in [3.63, 3.8) is 0 Å². The van der Waals surface area contributed by atoms with Gasteiger partial charge in [0.1, 0.15) is 0 Å². The molecule has 0 saturated heterocycles. The van der Waals surface area contributed by atoms with Gasteiger partial charge in [0, 0.05) is 6.92 Å². The highest BCUT2D eigenvalue weighted by molar-refractivity contribution is 5.24. The number of rotatable bonds is 6. The first-order chi connectivity index (χ1) is 9.56. The average Bonchev–Trinajstić information content (AvgIpc) is 2.44. The lowest BCUT2D eigenvalue weighted by molar-refractivity contribution is -0.224. The number of alkyl halides is 2. The van der Waals surface area contributed by atoms with E-state index in [1.807, 2.05) is 30.4 Å². The van der Waals surface area contributed by atoms with Crippen molar-refractivity contribution >= 4 is 0 Å². The fraction of sp³-hybridized carbons (Fsp3) is 0.412. The van der Waals surface area contributed by atoms with E-state index in [0.717, 1.165) is 13.3 Å². The predicted octanol–water partition coefficient (Wildman–Crippen LogP) is 4.92. The van der Waals surface area contributed by atoms with Crippen LogP contribution in [0.3, 0.4) is 0 Å². The van der Waals surface area contributed by atoms with Crippen LogP contribution in [0.4, 0.5) is 8.78 Å². The van der Waals surface area contributed by atoms with E-state index in [0.29, 0.717) is 12.3 Å². The molecule has 0 radical (unpaired) electrons. The predicted molar refractivity (Wildman–Crippen MR) is 76.8 cm³/mol. The van der Waals surface area contributed by atoms with E-state index in [2.05, 4.69) is 29.0 Å². The van der Waals surface area contributed by atoms with Crippen molar-refractivity contribution in [3.05, 3.63) is 60.2 Å². The van der Waals surface area contributed by atoms with Gasteiger partial charge in [0.25, 0.3) is 0 Å². The fourth-order valence-corrected chi connectivity index (χ4v) is 2.59. The third-order valence-electron chi connectivity index (χ3n) is 3.54. The molecule has 1 aromatic carbocycles. The molecule has 0 bridgehead atoms. The molecular formula is C17H20F2O. The Morgan fingerprint density at radius 2 is 2.00 bits per heavy atom. The zero-order valence-electron chi connectivity index (χ0n) is 11.6. The number of hydrogen-bond donors (Lipinski definition) is 0. The van der Waals surface area contributed by atoms with Gasteiger partial charge in [-0.3, -0.25) is 0 Å². The number of halogens is 2. The smallest absolute Gasteiger partial charge is 0.321 e. The molecule has 0 N–H and O–H groups in total. The molecule has 1 aliphatic rings. The number of ether oxygens (including phenoxy) is 1. The van der Waals surface area contributed by atoms with E-state index in [-0.39, 0.29) is 12.5 Å². The molecule has 0 spiro atoms. The Kier molecular flexibility index (Phi) is 5.07. The Labute approximate surface area is 119 Å². The highest BCUT2D eigenvalue weighted by Crippen LogP contribution is 2.33. The SMILES string of the molecule is CC(F)(F)OCCC(c1ccccc1)C1C=CC=CC1. The summed E-state index contributed by atoms with van der Waals surface area (Å²) in [6, 6.07) is 10.1. The minimum Gasteiger partial charge on any atom is -0.321 e. The Bertz CT molecular complexity index is 460. The van der Waals surface area contributed by atoms with Gasteiger partial charge in [-0.15, -0.1) is 0 Å². The van der Waals surface area contributed by atoms with E-state index in [1.165, 1.54) is 5.56 Å². The molecule has 0 fully saturated rings. The van der Waals surface area contributed by atoms with Crippen molar-refractivity contribution in [1.29, 1.82) is 0 Å². The third-order valence-corrected chi connectivity index (χ3v) is 3.54. The van der Waals surface area contributed by atoms with Gasteiger partial charge in [-0.25, -0.2) is 0 Å². The van der Waals surface area contributed by atoms with Gasteiger partial charge in [-0.2, -0.15) is 8.78 Å². The summed E-state index contributed by atoms with van der Waals surface area (Å²) in [5.41, 5.74) is 1.18. The van der Waals surface area contributed by atoms with Crippen LogP contribution in [0.5, 0.6) is 0 Å². The molecule has 0 saturated carbocycles. The van der Waals surface area contributed by atoms with Gasteiger partial charge >= 0.3 is 6.11 Å². The molecule has 1 nitrogen and oxygen atoms in total. The van der Waals surface area contributed by atoms with Crippen molar-refractivity contribution in [1.82, 2.24) is 0 Å². The van der Waals surface area contributed by atoms with Crippen LogP contribution in [0.25, 0.3) is 0 Å². The van der Waals surface area contributed by atoms with Gasteiger partial charge < -0.3 is 4.74 Å². The Balaban J connectivity index is 2.04. The highest BCUT2D eigenvalue weighted by Gasteiger charge is 2.25. The summed E-state index contributed by atoms with van der Waals surface area (Å²) in [5, 5.41) is 0. The highest BCUT2D eigenvalue weighted by atomic mass is 19.3. The van der Waals surface area contributed by atoms with Crippen molar-refractivity contribution in [2.24, 2.45) is 5.92 Å². The third kappa shape index (κ3) is 4.57. The molecule has 0 aromatic heterocycles. The largest absolute Gasteiger partial charge is 0.352 e. The van der Waals surface area contributed by atoms with Crippen LogP contribution in [0.1, 0.15) is 31.2 Å². The minimum atomic E-state index is -3.05. The molecule has 0 amide bonds. The van der Waals surface area contributed by atoms with E-state index < -0.39 is 6.11 Å².